The van der Waals surface area contributed by atoms with Gasteiger partial charge in [-0.25, -0.2) is 0 Å². The number of hydrogen-bond acceptors (Lipinski definition) is 3. The summed E-state index contributed by atoms with van der Waals surface area (Å²) in [4.78, 5) is 12.2. The number of benzene rings is 1. The first-order valence-electron chi connectivity index (χ1n) is 6.51. The Morgan fingerprint density at radius 2 is 2.06 bits per heavy atom. The zero-order chi connectivity index (χ0) is 13.2. The highest BCUT2D eigenvalue weighted by molar-refractivity contribution is 5.84. The van der Waals surface area contributed by atoms with Crippen molar-refractivity contribution in [3.05, 3.63) is 35.9 Å². The summed E-state index contributed by atoms with van der Waals surface area (Å²) in [6.07, 6.45) is 1.87. The molecule has 0 aromatic heterocycles. The molecule has 0 amide bonds. The number of esters is 1. The molecule has 1 fully saturated rings. The second-order valence-corrected chi connectivity index (χ2v) is 5.26. The highest BCUT2D eigenvalue weighted by atomic mass is 16.5. The van der Waals surface area contributed by atoms with Crippen LogP contribution in [0.2, 0.25) is 0 Å². The van der Waals surface area contributed by atoms with Gasteiger partial charge in [-0.3, -0.25) is 10.1 Å². The highest BCUT2D eigenvalue weighted by Crippen LogP contribution is 2.47. The fourth-order valence-electron chi connectivity index (χ4n) is 2.89. The van der Waals surface area contributed by atoms with Crippen LogP contribution in [0.25, 0.3) is 0 Å². The molecule has 0 spiro atoms. The van der Waals surface area contributed by atoms with Gasteiger partial charge in [0.15, 0.2) is 0 Å². The molecule has 1 aromatic carbocycles. The van der Waals surface area contributed by atoms with Gasteiger partial charge in [0.2, 0.25) is 0 Å². The molecule has 0 radical (unpaired) electrons. The van der Waals surface area contributed by atoms with Crippen LogP contribution >= 0.6 is 0 Å². The smallest absolute Gasteiger partial charge is 0.326 e. The van der Waals surface area contributed by atoms with Crippen molar-refractivity contribution < 1.29 is 9.53 Å². The molecule has 1 aliphatic rings. The average molecular weight is 247 g/mol. The molecule has 0 aliphatic heterocycles. The van der Waals surface area contributed by atoms with E-state index in [0.717, 1.165) is 12.8 Å². The number of hydrogen-bond donors (Lipinski definition) is 1. The van der Waals surface area contributed by atoms with Crippen LogP contribution in [0.1, 0.15) is 38.2 Å². The first kappa shape index (κ1) is 13.1. The fourth-order valence-corrected chi connectivity index (χ4v) is 2.89. The van der Waals surface area contributed by atoms with Crippen LogP contribution < -0.4 is 5.32 Å². The Morgan fingerprint density at radius 3 is 2.50 bits per heavy atom. The Labute approximate surface area is 109 Å². The molecule has 2 atom stereocenters. The molecule has 0 saturated heterocycles. The van der Waals surface area contributed by atoms with Gasteiger partial charge in [-0.1, -0.05) is 30.3 Å². The summed E-state index contributed by atoms with van der Waals surface area (Å²) in [7, 11) is 1.46. The van der Waals surface area contributed by atoms with Crippen molar-refractivity contribution in [3.63, 3.8) is 0 Å². The van der Waals surface area contributed by atoms with Crippen LogP contribution in [0.15, 0.2) is 30.3 Å². The SMILES string of the molecule is COC(=O)C1(NC(C)C)CCC1c1ccccc1. The van der Waals surface area contributed by atoms with Crippen LogP contribution in [0, 0.1) is 0 Å². The van der Waals surface area contributed by atoms with E-state index in [2.05, 4.69) is 31.3 Å². The number of rotatable bonds is 4. The normalized spacial score (nSPS) is 26.8. The summed E-state index contributed by atoms with van der Waals surface area (Å²) in [5, 5.41) is 3.42. The van der Waals surface area contributed by atoms with Crippen molar-refractivity contribution in [2.45, 2.75) is 44.2 Å². The predicted molar refractivity (Wildman–Crippen MR) is 71.4 cm³/mol. The molecule has 2 rings (SSSR count). The molecule has 1 saturated carbocycles. The van der Waals surface area contributed by atoms with E-state index in [9.17, 15) is 4.79 Å². The number of nitrogens with one attached hydrogen (secondary N) is 1. The molecule has 0 heterocycles. The minimum Gasteiger partial charge on any atom is -0.468 e. The summed E-state index contributed by atoms with van der Waals surface area (Å²) in [5.41, 5.74) is 0.673. The summed E-state index contributed by atoms with van der Waals surface area (Å²) < 4.78 is 5.01. The van der Waals surface area contributed by atoms with E-state index in [-0.39, 0.29) is 17.9 Å². The van der Waals surface area contributed by atoms with E-state index in [1.807, 2.05) is 18.2 Å². The Kier molecular flexibility index (Phi) is 3.71. The van der Waals surface area contributed by atoms with Gasteiger partial charge in [0.25, 0.3) is 0 Å². The van der Waals surface area contributed by atoms with E-state index in [4.69, 9.17) is 4.74 Å². The number of methoxy groups -OCH3 is 1. The molecular formula is C15H21NO2. The Hall–Kier alpha value is -1.35. The zero-order valence-electron chi connectivity index (χ0n) is 11.3. The molecule has 1 N–H and O–H groups in total. The van der Waals surface area contributed by atoms with Gasteiger partial charge >= 0.3 is 5.97 Å². The summed E-state index contributed by atoms with van der Waals surface area (Å²) in [5.74, 6) is 0.0739. The third-order valence-electron chi connectivity index (χ3n) is 3.72. The van der Waals surface area contributed by atoms with Gasteiger partial charge in [-0.2, -0.15) is 0 Å². The minimum absolute atomic E-state index is 0.142. The van der Waals surface area contributed by atoms with Crippen molar-refractivity contribution in [2.24, 2.45) is 0 Å². The molecule has 98 valence electrons. The molecular weight excluding hydrogens is 226 g/mol. The van der Waals surface area contributed by atoms with Gasteiger partial charge in [-0.05, 0) is 32.3 Å². The van der Waals surface area contributed by atoms with Crippen LogP contribution in [0.4, 0.5) is 0 Å². The molecule has 3 nitrogen and oxygen atoms in total. The maximum atomic E-state index is 12.2. The van der Waals surface area contributed by atoms with Crippen molar-refractivity contribution in [1.82, 2.24) is 5.32 Å². The summed E-state index contributed by atoms with van der Waals surface area (Å²) in [6, 6.07) is 10.5. The standard InChI is InChI=1S/C15H21NO2/c1-11(2)16-15(14(17)18-3)10-9-13(15)12-7-5-4-6-8-12/h4-8,11,13,16H,9-10H2,1-3H3. The maximum Gasteiger partial charge on any atom is 0.326 e. The van der Waals surface area contributed by atoms with Crippen molar-refractivity contribution in [2.75, 3.05) is 7.11 Å². The molecule has 1 aromatic rings. The lowest BCUT2D eigenvalue weighted by Gasteiger charge is -2.49. The van der Waals surface area contributed by atoms with Crippen LogP contribution in [-0.4, -0.2) is 24.7 Å². The van der Waals surface area contributed by atoms with E-state index in [0.29, 0.717) is 0 Å². The zero-order valence-corrected chi connectivity index (χ0v) is 11.3. The van der Waals surface area contributed by atoms with Crippen LogP contribution in [0.5, 0.6) is 0 Å². The van der Waals surface area contributed by atoms with Crippen molar-refractivity contribution >= 4 is 5.97 Å². The largest absolute Gasteiger partial charge is 0.468 e. The van der Waals surface area contributed by atoms with Gasteiger partial charge < -0.3 is 4.74 Å². The van der Waals surface area contributed by atoms with E-state index < -0.39 is 5.54 Å². The monoisotopic (exact) mass is 247 g/mol. The summed E-state index contributed by atoms with van der Waals surface area (Å²) >= 11 is 0. The number of carbonyl (C=O) groups excluding carboxylic acids is 1. The Balaban J connectivity index is 2.28. The van der Waals surface area contributed by atoms with Gasteiger partial charge in [-0.15, -0.1) is 0 Å². The van der Waals surface area contributed by atoms with E-state index >= 15 is 0 Å². The molecule has 3 heteroatoms. The molecule has 2 unspecified atom stereocenters. The average Bonchev–Trinajstić information content (AvgIpc) is 2.34. The lowest BCUT2D eigenvalue weighted by Crippen LogP contribution is -2.64. The van der Waals surface area contributed by atoms with E-state index in [1.165, 1.54) is 12.7 Å². The predicted octanol–water partition coefficient (Wildman–Crippen LogP) is 2.47. The third kappa shape index (κ3) is 2.15. The van der Waals surface area contributed by atoms with Crippen molar-refractivity contribution in [3.8, 4) is 0 Å². The lowest BCUT2D eigenvalue weighted by atomic mass is 9.63. The number of carbonyl (C=O) groups is 1. The first-order valence-corrected chi connectivity index (χ1v) is 6.51. The van der Waals surface area contributed by atoms with Crippen molar-refractivity contribution in [1.29, 1.82) is 0 Å². The van der Waals surface area contributed by atoms with Gasteiger partial charge in [0, 0.05) is 12.0 Å². The topological polar surface area (TPSA) is 38.3 Å². The van der Waals surface area contributed by atoms with E-state index in [1.54, 1.807) is 0 Å². The molecule has 0 bridgehead atoms. The molecule has 1 aliphatic carbocycles. The van der Waals surface area contributed by atoms with Gasteiger partial charge in [0.05, 0.1) is 7.11 Å². The quantitative estimate of drug-likeness (QED) is 0.831. The summed E-state index contributed by atoms with van der Waals surface area (Å²) in [6.45, 7) is 4.12. The Morgan fingerprint density at radius 1 is 1.39 bits per heavy atom. The first-order chi connectivity index (χ1) is 8.60. The second-order valence-electron chi connectivity index (χ2n) is 5.26. The third-order valence-corrected chi connectivity index (χ3v) is 3.72. The second kappa shape index (κ2) is 5.11. The molecule has 18 heavy (non-hydrogen) atoms. The highest BCUT2D eigenvalue weighted by Gasteiger charge is 2.54. The van der Waals surface area contributed by atoms with Gasteiger partial charge in [0.1, 0.15) is 5.54 Å². The fraction of sp³-hybridized carbons (Fsp3) is 0.533. The maximum absolute atomic E-state index is 12.2. The minimum atomic E-state index is -0.537. The number of ether oxygens (including phenoxy) is 1. The Bertz CT molecular complexity index is 416. The lowest BCUT2D eigenvalue weighted by molar-refractivity contribution is -0.154. The van der Waals surface area contributed by atoms with Crippen LogP contribution in [0.3, 0.4) is 0 Å². The van der Waals surface area contributed by atoms with Crippen LogP contribution in [-0.2, 0) is 9.53 Å².